The van der Waals surface area contributed by atoms with Gasteiger partial charge in [-0.2, -0.15) is 0 Å². The highest BCUT2D eigenvalue weighted by atomic mass is 15.1. The van der Waals surface area contributed by atoms with Gasteiger partial charge in [-0.3, -0.25) is 0 Å². The Morgan fingerprint density at radius 2 is 1.50 bits per heavy atom. The summed E-state index contributed by atoms with van der Waals surface area (Å²) in [4.78, 5) is 0. The lowest BCUT2D eigenvalue weighted by Gasteiger charge is -2.34. The third-order valence-corrected chi connectivity index (χ3v) is 2.91. The molecule has 2 nitrogen and oxygen atoms in total. The molecule has 0 radical (unpaired) electrons. The van der Waals surface area contributed by atoms with E-state index in [-0.39, 0.29) is 0 Å². The molecule has 1 aliphatic carbocycles. The molecular formula is C8H16N2. The van der Waals surface area contributed by atoms with E-state index < -0.39 is 0 Å². The lowest BCUT2D eigenvalue weighted by molar-refractivity contribution is 0.224. The molecule has 0 unspecified atom stereocenters. The van der Waals surface area contributed by atoms with E-state index in [1.54, 1.807) is 0 Å². The maximum absolute atomic E-state index is 3.41. The number of rotatable bonds is 0. The van der Waals surface area contributed by atoms with Crippen LogP contribution in [0.4, 0.5) is 0 Å². The molecular weight excluding hydrogens is 124 g/mol. The van der Waals surface area contributed by atoms with Crippen molar-refractivity contribution in [3.05, 3.63) is 0 Å². The van der Waals surface area contributed by atoms with E-state index in [0.717, 1.165) is 6.67 Å². The highest BCUT2D eigenvalue weighted by molar-refractivity contribution is 4.90. The normalized spacial score (nSPS) is 31.2. The summed E-state index contributed by atoms with van der Waals surface area (Å²) in [5.41, 5.74) is 0.651. The standard InChI is InChI=1S/C8H16N2/c1-2-4-8(3-1)5-9-7-10-6-8/h9-10H,1-7H2. The summed E-state index contributed by atoms with van der Waals surface area (Å²) >= 11 is 0. The van der Waals surface area contributed by atoms with Crippen LogP contribution in [0.5, 0.6) is 0 Å². The first kappa shape index (κ1) is 6.62. The molecule has 0 aromatic carbocycles. The van der Waals surface area contributed by atoms with Gasteiger partial charge in [0, 0.05) is 19.8 Å². The Bertz CT molecular complexity index is 108. The lowest BCUT2D eigenvalue weighted by Crippen LogP contribution is -2.50. The van der Waals surface area contributed by atoms with E-state index >= 15 is 0 Å². The molecule has 1 heterocycles. The second kappa shape index (κ2) is 2.51. The van der Waals surface area contributed by atoms with Crippen LogP contribution in [0.2, 0.25) is 0 Å². The summed E-state index contributed by atoms with van der Waals surface area (Å²) in [7, 11) is 0. The minimum absolute atomic E-state index is 0.651. The lowest BCUT2D eigenvalue weighted by atomic mass is 9.85. The summed E-state index contributed by atoms with van der Waals surface area (Å²) < 4.78 is 0. The topological polar surface area (TPSA) is 24.1 Å². The van der Waals surface area contributed by atoms with Crippen molar-refractivity contribution in [2.45, 2.75) is 25.7 Å². The van der Waals surface area contributed by atoms with Crippen molar-refractivity contribution in [2.75, 3.05) is 19.8 Å². The zero-order valence-corrected chi connectivity index (χ0v) is 6.45. The SMILES string of the molecule is C1CCC2(C1)CNCNC2. The number of hydrogen-bond donors (Lipinski definition) is 2. The monoisotopic (exact) mass is 140 g/mol. The van der Waals surface area contributed by atoms with Crippen molar-refractivity contribution < 1.29 is 0 Å². The van der Waals surface area contributed by atoms with Crippen LogP contribution in [0.3, 0.4) is 0 Å². The van der Waals surface area contributed by atoms with Crippen molar-refractivity contribution in [1.82, 2.24) is 10.6 Å². The van der Waals surface area contributed by atoms with E-state index in [9.17, 15) is 0 Å². The summed E-state index contributed by atoms with van der Waals surface area (Å²) in [6, 6.07) is 0. The van der Waals surface area contributed by atoms with E-state index in [0.29, 0.717) is 5.41 Å². The van der Waals surface area contributed by atoms with Gasteiger partial charge in [-0.15, -0.1) is 0 Å². The fourth-order valence-corrected chi connectivity index (χ4v) is 2.28. The molecule has 2 rings (SSSR count). The van der Waals surface area contributed by atoms with E-state index in [1.165, 1.54) is 38.8 Å². The van der Waals surface area contributed by atoms with Crippen LogP contribution in [0.15, 0.2) is 0 Å². The van der Waals surface area contributed by atoms with Gasteiger partial charge in [0.05, 0.1) is 0 Å². The Kier molecular flexibility index (Phi) is 1.66. The van der Waals surface area contributed by atoms with Gasteiger partial charge < -0.3 is 10.6 Å². The number of nitrogens with one attached hydrogen (secondary N) is 2. The molecule has 1 saturated heterocycles. The van der Waals surface area contributed by atoms with Gasteiger partial charge in [0.1, 0.15) is 0 Å². The average Bonchev–Trinajstić information content (AvgIpc) is 2.39. The molecule has 1 aliphatic heterocycles. The summed E-state index contributed by atoms with van der Waals surface area (Å²) in [6.45, 7) is 3.52. The fourth-order valence-electron chi connectivity index (χ4n) is 2.28. The Labute approximate surface area is 62.4 Å². The third kappa shape index (κ3) is 1.06. The van der Waals surface area contributed by atoms with Crippen molar-refractivity contribution in [1.29, 1.82) is 0 Å². The Balaban J connectivity index is 1.98. The van der Waals surface area contributed by atoms with Gasteiger partial charge in [0.15, 0.2) is 0 Å². The molecule has 58 valence electrons. The Hall–Kier alpha value is -0.0800. The maximum Gasteiger partial charge on any atom is 0.0454 e. The molecule has 2 fully saturated rings. The molecule has 0 aromatic rings. The number of hydrogen-bond acceptors (Lipinski definition) is 2. The van der Waals surface area contributed by atoms with Gasteiger partial charge >= 0.3 is 0 Å². The molecule has 1 spiro atoms. The van der Waals surface area contributed by atoms with Crippen LogP contribution >= 0.6 is 0 Å². The summed E-state index contributed by atoms with van der Waals surface area (Å²) in [5.74, 6) is 0. The molecule has 10 heavy (non-hydrogen) atoms. The van der Waals surface area contributed by atoms with Crippen molar-refractivity contribution in [2.24, 2.45) is 5.41 Å². The molecule has 2 aliphatic rings. The summed E-state index contributed by atoms with van der Waals surface area (Å²) in [5, 5.41) is 6.81. The molecule has 2 N–H and O–H groups in total. The molecule has 0 amide bonds. The molecule has 2 heteroatoms. The highest BCUT2D eigenvalue weighted by Crippen LogP contribution is 2.37. The van der Waals surface area contributed by atoms with E-state index in [2.05, 4.69) is 10.6 Å². The van der Waals surface area contributed by atoms with Gasteiger partial charge in [-0.25, -0.2) is 0 Å². The predicted molar refractivity (Wildman–Crippen MR) is 41.8 cm³/mol. The third-order valence-electron chi connectivity index (χ3n) is 2.91. The first-order valence-electron chi connectivity index (χ1n) is 4.33. The molecule has 0 atom stereocenters. The van der Waals surface area contributed by atoms with Crippen LogP contribution in [-0.2, 0) is 0 Å². The van der Waals surface area contributed by atoms with E-state index in [1.807, 2.05) is 0 Å². The van der Waals surface area contributed by atoms with Crippen molar-refractivity contribution in [3.8, 4) is 0 Å². The summed E-state index contributed by atoms with van der Waals surface area (Å²) in [6.07, 6.45) is 5.77. The van der Waals surface area contributed by atoms with Crippen LogP contribution in [0, 0.1) is 5.41 Å². The first-order chi connectivity index (χ1) is 4.91. The van der Waals surface area contributed by atoms with Gasteiger partial charge in [-0.1, -0.05) is 12.8 Å². The molecule has 0 aromatic heterocycles. The Morgan fingerprint density at radius 1 is 0.900 bits per heavy atom. The highest BCUT2D eigenvalue weighted by Gasteiger charge is 2.34. The predicted octanol–water partition coefficient (Wildman–Crippen LogP) is 0.697. The smallest absolute Gasteiger partial charge is 0.0454 e. The van der Waals surface area contributed by atoms with Crippen LogP contribution < -0.4 is 10.6 Å². The molecule has 1 saturated carbocycles. The Morgan fingerprint density at radius 3 is 2.10 bits per heavy atom. The second-order valence-electron chi connectivity index (χ2n) is 3.74. The minimum atomic E-state index is 0.651. The average molecular weight is 140 g/mol. The second-order valence-corrected chi connectivity index (χ2v) is 3.74. The van der Waals surface area contributed by atoms with Crippen LogP contribution in [0.1, 0.15) is 25.7 Å². The maximum atomic E-state index is 3.41. The zero-order chi connectivity index (χ0) is 6.86. The zero-order valence-electron chi connectivity index (χ0n) is 6.45. The largest absolute Gasteiger partial charge is 0.304 e. The van der Waals surface area contributed by atoms with Crippen molar-refractivity contribution >= 4 is 0 Å². The van der Waals surface area contributed by atoms with Gasteiger partial charge in [0.2, 0.25) is 0 Å². The minimum Gasteiger partial charge on any atom is -0.304 e. The quantitative estimate of drug-likeness (QED) is 0.517. The van der Waals surface area contributed by atoms with E-state index in [4.69, 9.17) is 0 Å². The van der Waals surface area contributed by atoms with Crippen LogP contribution in [-0.4, -0.2) is 19.8 Å². The van der Waals surface area contributed by atoms with Gasteiger partial charge in [-0.05, 0) is 18.3 Å². The molecule has 0 bridgehead atoms. The van der Waals surface area contributed by atoms with Gasteiger partial charge in [0.25, 0.3) is 0 Å². The van der Waals surface area contributed by atoms with Crippen LogP contribution in [0.25, 0.3) is 0 Å². The fraction of sp³-hybridized carbons (Fsp3) is 1.00. The first-order valence-corrected chi connectivity index (χ1v) is 4.33. The van der Waals surface area contributed by atoms with Crippen molar-refractivity contribution in [3.63, 3.8) is 0 Å².